The number of nitrogens with zero attached hydrogens (tertiary/aromatic N) is 1. The number of halogens is 2. The van der Waals surface area contributed by atoms with Crippen molar-refractivity contribution >= 4 is 39.7 Å². The van der Waals surface area contributed by atoms with Crippen LogP contribution in [0.15, 0.2) is 30.6 Å². The van der Waals surface area contributed by atoms with E-state index >= 15 is 0 Å². The second-order valence-electron chi connectivity index (χ2n) is 1.54. The summed E-state index contributed by atoms with van der Waals surface area (Å²) in [6.07, 6.45) is 3.50. The van der Waals surface area contributed by atoms with E-state index in [1.54, 1.807) is 12.4 Å². The van der Waals surface area contributed by atoms with E-state index in [2.05, 4.69) is 36.8 Å². The normalized spacial score (nSPS) is 8.30. The smallest absolute Gasteiger partial charge is 0.133 e. The number of hydrogen-bond donors (Lipinski definition) is 0. The van der Waals surface area contributed by atoms with Crippen molar-refractivity contribution in [1.29, 1.82) is 0 Å². The van der Waals surface area contributed by atoms with Crippen LogP contribution in [0, 0.1) is 0 Å². The van der Waals surface area contributed by atoms with Gasteiger partial charge in [-0.05, 0) is 12.1 Å². The first kappa shape index (κ1) is 10.2. The summed E-state index contributed by atoms with van der Waals surface area (Å²) in [5, 5.41) is 0. The van der Waals surface area contributed by atoms with Gasteiger partial charge in [-0.25, -0.2) is 0 Å². The lowest BCUT2D eigenvalue weighted by Crippen LogP contribution is -1.73. The Labute approximate surface area is 78.9 Å². The Kier molecular flexibility index (Phi) is 7.41. The summed E-state index contributed by atoms with van der Waals surface area (Å²) in [5.74, 6) is 0. The number of pyridine rings is 1. The number of hydrogen-bond acceptors (Lipinski definition) is 1. The van der Waals surface area contributed by atoms with E-state index in [1.165, 1.54) is 0 Å². The van der Waals surface area contributed by atoms with E-state index < -0.39 is 0 Å². The third-order valence-corrected chi connectivity index (χ3v) is 0.566. The van der Waals surface area contributed by atoms with E-state index in [0.717, 1.165) is 0 Å². The first-order valence-corrected chi connectivity index (χ1v) is 4.69. The van der Waals surface area contributed by atoms with Gasteiger partial charge in [0.1, 0.15) is 7.85 Å². The van der Waals surface area contributed by atoms with Crippen LogP contribution >= 0.6 is 31.9 Å². The third kappa shape index (κ3) is 11.0. The number of alkyl halides is 2. The second-order valence-corrected chi connectivity index (χ2v) is 5.52. The first-order valence-electron chi connectivity index (χ1n) is 2.86. The van der Waals surface area contributed by atoms with Gasteiger partial charge in [0.25, 0.3) is 0 Å². The van der Waals surface area contributed by atoms with Gasteiger partial charge in [-0.1, -0.05) is 37.9 Å². The Hall–Kier alpha value is 0.175. The molecule has 10 heavy (non-hydrogen) atoms. The van der Waals surface area contributed by atoms with Crippen molar-refractivity contribution in [3.63, 3.8) is 0 Å². The van der Waals surface area contributed by atoms with Gasteiger partial charge in [0.15, 0.2) is 0 Å². The molecule has 0 amide bonds. The lowest BCUT2D eigenvalue weighted by atomic mass is 10.2. The molecule has 0 saturated heterocycles. The minimum atomic E-state index is 0.458. The van der Waals surface area contributed by atoms with Gasteiger partial charge < -0.3 is 0 Å². The SMILES string of the molecule is BC(Br)Br.c1ccncc1. The molecule has 0 saturated carbocycles. The van der Waals surface area contributed by atoms with Crippen molar-refractivity contribution in [2.45, 2.75) is 3.64 Å². The molecule has 1 aromatic heterocycles. The molecule has 0 aliphatic heterocycles. The lowest BCUT2D eigenvalue weighted by Gasteiger charge is -1.72. The number of rotatable bonds is 0. The Morgan fingerprint density at radius 3 is 1.60 bits per heavy atom. The molecule has 0 bridgehead atoms. The molecule has 0 radical (unpaired) electrons. The van der Waals surface area contributed by atoms with Gasteiger partial charge in [0, 0.05) is 16.0 Å². The predicted molar refractivity (Wildman–Crippen MR) is 54.4 cm³/mol. The highest BCUT2D eigenvalue weighted by atomic mass is 79.9. The van der Waals surface area contributed by atoms with Gasteiger partial charge in [-0.15, -0.1) is 0 Å². The van der Waals surface area contributed by atoms with E-state index in [0.29, 0.717) is 3.64 Å². The average molecular weight is 265 g/mol. The molecule has 1 aromatic rings. The highest BCUT2D eigenvalue weighted by Crippen LogP contribution is 1.98. The maximum atomic E-state index is 3.78. The maximum absolute atomic E-state index is 3.78. The van der Waals surface area contributed by atoms with Gasteiger partial charge in [0.05, 0.1) is 0 Å². The van der Waals surface area contributed by atoms with Crippen molar-refractivity contribution in [2.75, 3.05) is 0 Å². The van der Waals surface area contributed by atoms with Crippen molar-refractivity contribution in [3.05, 3.63) is 30.6 Å². The van der Waals surface area contributed by atoms with Crippen LogP contribution in [0.25, 0.3) is 0 Å². The van der Waals surface area contributed by atoms with Gasteiger partial charge in [-0.3, -0.25) is 4.98 Å². The summed E-state index contributed by atoms with van der Waals surface area (Å²) < 4.78 is 0.458. The van der Waals surface area contributed by atoms with Gasteiger partial charge >= 0.3 is 0 Å². The molecule has 1 heterocycles. The van der Waals surface area contributed by atoms with E-state index in [-0.39, 0.29) is 0 Å². The molecule has 54 valence electrons. The van der Waals surface area contributed by atoms with Crippen LogP contribution in [0.4, 0.5) is 0 Å². The zero-order valence-electron chi connectivity index (χ0n) is 5.67. The van der Waals surface area contributed by atoms with Crippen LogP contribution < -0.4 is 0 Å². The summed E-state index contributed by atoms with van der Waals surface area (Å²) in [5.41, 5.74) is 0. The second kappa shape index (κ2) is 7.28. The molecule has 0 spiro atoms. The zero-order valence-corrected chi connectivity index (χ0v) is 8.84. The third-order valence-electron chi connectivity index (χ3n) is 0.566. The highest BCUT2D eigenvalue weighted by Gasteiger charge is 1.75. The van der Waals surface area contributed by atoms with Crippen LogP contribution in [0.5, 0.6) is 0 Å². The quantitative estimate of drug-likeness (QED) is 0.514. The van der Waals surface area contributed by atoms with E-state index in [9.17, 15) is 0 Å². The molecule has 0 atom stereocenters. The molecule has 4 heteroatoms. The molecular formula is C6H8BBr2N. The topological polar surface area (TPSA) is 12.9 Å². The molecule has 0 N–H and O–H groups in total. The summed E-state index contributed by atoms with van der Waals surface area (Å²) >= 11 is 6.38. The summed E-state index contributed by atoms with van der Waals surface area (Å²) in [6.45, 7) is 0. The van der Waals surface area contributed by atoms with Crippen LogP contribution in [0.2, 0.25) is 0 Å². The summed E-state index contributed by atoms with van der Waals surface area (Å²) in [4.78, 5) is 3.78. The molecule has 0 aliphatic rings. The fourth-order valence-corrected chi connectivity index (χ4v) is 0.313. The fourth-order valence-electron chi connectivity index (χ4n) is 0.313. The van der Waals surface area contributed by atoms with Crippen molar-refractivity contribution in [3.8, 4) is 0 Å². The fraction of sp³-hybridized carbons (Fsp3) is 0.167. The van der Waals surface area contributed by atoms with Crippen molar-refractivity contribution < 1.29 is 0 Å². The number of aromatic nitrogens is 1. The summed E-state index contributed by atoms with van der Waals surface area (Å²) in [6, 6.07) is 5.72. The molecular weight excluding hydrogens is 257 g/mol. The Morgan fingerprint density at radius 2 is 1.50 bits per heavy atom. The molecule has 1 nitrogen and oxygen atoms in total. The Bertz CT molecular complexity index is 116. The molecule has 0 unspecified atom stereocenters. The van der Waals surface area contributed by atoms with Crippen LogP contribution in [0.1, 0.15) is 0 Å². The van der Waals surface area contributed by atoms with E-state index in [1.807, 2.05) is 26.0 Å². The van der Waals surface area contributed by atoms with Crippen molar-refractivity contribution in [1.82, 2.24) is 4.98 Å². The van der Waals surface area contributed by atoms with E-state index in [4.69, 9.17) is 0 Å². The molecule has 0 fully saturated rings. The molecule has 0 aliphatic carbocycles. The van der Waals surface area contributed by atoms with Crippen molar-refractivity contribution in [2.24, 2.45) is 0 Å². The average Bonchev–Trinajstić information content (AvgIpc) is 1.90. The Balaban J connectivity index is 0.000000180. The minimum Gasteiger partial charge on any atom is -0.265 e. The molecule has 1 rings (SSSR count). The predicted octanol–water partition coefficient (Wildman–Crippen LogP) is 1.77. The van der Waals surface area contributed by atoms with Crippen LogP contribution in [-0.4, -0.2) is 16.5 Å². The van der Waals surface area contributed by atoms with Gasteiger partial charge in [0.2, 0.25) is 0 Å². The van der Waals surface area contributed by atoms with Gasteiger partial charge in [-0.2, -0.15) is 0 Å². The minimum absolute atomic E-state index is 0.458. The highest BCUT2D eigenvalue weighted by molar-refractivity contribution is 9.25. The largest absolute Gasteiger partial charge is 0.265 e. The van der Waals surface area contributed by atoms with Crippen LogP contribution in [-0.2, 0) is 0 Å². The molecule has 0 aromatic carbocycles. The standard InChI is InChI=1S/C5H5N.CH3BBr2/c1-2-4-6-5-3-1;2-1(3)4/h1-5H;1H,2H2. The maximum Gasteiger partial charge on any atom is 0.133 e. The zero-order chi connectivity index (χ0) is 7.82. The summed E-state index contributed by atoms with van der Waals surface area (Å²) in [7, 11) is 2.00. The monoisotopic (exact) mass is 263 g/mol. The first-order chi connectivity index (χ1) is 4.73. The Morgan fingerprint density at radius 1 is 1.10 bits per heavy atom. The van der Waals surface area contributed by atoms with Crippen LogP contribution in [0.3, 0.4) is 0 Å². The lowest BCUT2D eigenvalue weighted by molar-refractivity contribution is 1.33.